The second kappa shape index (κ2) is 6.40. The van der Waals surface area contributed by atoms with Crippen LogP contribution >= 0.6 is 0 Å². The number of hydrogen-bond donors (Lipinski definition) is 2. The first kappa shape index (κ1) is 13.7. The molecule has 0 spiro atoms. The smallest absolute Gasteiger partial charge is 0.224 e. The monoisotopic (exact) mass is 234 g/mol. The van der Waals surface area contributed by atoms with Gasteiger partial charge in [0.25, 0.3) is 0 Å². The predicted octanol–water partition coefficient (Wildman–Crippen LogP) is 1.81. The Hall–Kier alpha value is -1.35. The van der Waals surface area contributed by atoms with E-state index in [1.165, 1.54) is 11.1 Å². The highest BCUT2D eigenvalue weighted by Crippen LogP contribution is 2.14. The molecule has 2 unspecified atom stereocenters. The van der Waals surface area contributed by atoms with Crippen molar-refractivity contribution in [3.05, 3.63) is 35.4 Å². The van der Waals surface area contributed by atoms with Crippen molar-refractivity contribution in [3.8, 4) is 0 Å². The second-order valence-corrected chi connectivity index (χ2v) is 4.69. The molecule has 0 saturated heterocycles. The highest BCUT2D eigenvalue weighted by molar-refractivity contribution is 5.78. The molecule has 0 heterocycles. The van der Waals surface area contributed by atoms with E-state index in [0.29, 0.717) is 19.0 Å². The third-order valence-electron chi connectivity index (χ3n) is 3.03. The van der Waals surface area contributed by atoms with E-state index in [9.17, 15) is 4.79 Å². The maximum absolute atomic E-state index is 11.6. The van der Waals surface area contributed by atoms with Crippen molar-refractivity contribution in [1.29, 1.82) is 0 Å². The van der Waals surface area contributed by atoms with Gasteiger partial charge in [-0.3, -0.25) is 4.79 Å². The van der Waals surface area contributed by atoms with Crippen molar-refractivity contribution in [2.24, 2.45) is 11.7 Å². The maximum Gasteiger partial charge on any atom is 0.224 e. The van der Waals surface area contributed by atoms with Gasteiger partial charge in [-0.25, -0.2) is 0 Å². The molecule has 0 aliphatic heterocycles. The van der Waals surface area contributed by atoms with E-state index >= 15 is 0 Å². The van der Waals surface area contributed by atoms with Gasteiger partial charge in [-0.1, -0.05) is 43.7 Å². The summed E-state index contributed by atoms with van der Waals surface area (Å²) >= 11 is 0. The van der Waals surface area contributed by atoms with E-state index in [2.05, 4.69) is 43.4 Å². The molecule has 0 radical (unpaired) electrons. The molecule has 3 nitrogen and oxygen atoms in total. The largest absolute Gasteiger partial charge is 0.355 e. The lowest BCUT2D eigenvalue weighted by Crippen LogP contribution is -2.35. The molecule has 3 heteroatoms. The van der Waals surface area contributed by atoms with Gasteiger partial charge in [0, 0.05) is 19.0 Å². The summed E-state index contributed by atoms with van der Waals surface area (Å²) in [5.41, 5.74) is 7.94. The summed E-state index contributed by atoms with van der Waals surface area (Å²) in [6.45, 7) is 7.07. The quantitative estimate of drug-likeness (QED) is 0.816. The van der Waals surface area contributed by atoms with Crippen LogP contribution in [0.2, 0.25) is 0 Å². The molecular formula is C14H22N2O. The van der Waals surface area contributed by atoms with Crippen LogP contribution in [0.3, 0.4) is 0 Å². The zero-order chi connectivity index (χ0) is 12.8. The van der Waals surface area contributed by atoms with Crippen LogP contribution in [0.5, 0.6) is 0 Å². The SMILES string of the molecule is Cc1ccc(C(C)CNC(=O)C(C)CN)cc1. The topological polar surface area (TPSA) is 55.1 Å². The summed E-state index contributed by atoms with van der Waals surface area (Å²) < 4.78 is 0. The van der Waals surface area contributed by atoms with Gasteiger partial charge in [0.1, 0.15) is 0 Å². The Balaban J connectivity index is 2.47. The van der Waals surface area contributed by atoms with Crippen LogP contribution in [0.15, 0.2) is 24.3 Å². The fourth-order valence-corrected chi connectivity index (χ4v) is 1.55. The zero-order valence-corrected chi connectivity index (χ0v) is 10.9. The number of amides is 1. The first-order valence-corrected chi connectivity index (χ1v) is 6.09. The van der Waals surface area contributed by atoms with E-state index < -0.39 is 0 Å². The van der Waals surface area contributed by atoms with Crippen LogP contribution in [0, 0.1) is 12.8 Å². The van der Waals surface area contributed by atoms with Gasteiger partial charge < -0.3 is 11.1 Å². The third-order valence-corrected chi connectivity index (χ3v) is 3.03. The van der Waals surface area contributed by atoms with E-state index in [1.807, 2.05) is 6.92 Å². The minimum Gasteiger partial charge on any atom is -0.355 e. The molecule has 1 aromatic carbocycles. The molecule has 0 bridgehead atoms. The standard InChI is InChI=1S/C14H22N2O/c1-10-4-6-13(7-5-10)12(3)9-16-14(17)11(2)8-15/h4-7,11-12H,8-9,15H2,1-3H3,(H,16,17). The lowest BCUT2D eigenvalue weighted by atomic mass is 10.00. The minimum absolute atomic E-state index is 0.0338. The number of rotatable bonds is 5. The Morgan fingerprint density at radius 3 is 2.41 bits per heavy atom. The third kappa shape index (κ3) is 4.19. The summed E-state index contributed by atoms with van der Waals surface area (Å²) in [5.74, 6) is 0.246. The van der Waals surface area contributed by atoms with Crippen molar-refractivity contribution in [2.45, 2.75) is 26.7 Å². The van der Waals surface area contributed by atoms with Crippen LogP contribution in [0.25, 0.3) is 0 Å². The molecule has 3 N–H and O–H groups in total. The van der Waals surface area contributed by atoms with Gasteiger partial charge >= 0.3 is 0 Å². The summed E-state index contributed by atoms with van der Waals surface area (Å²) in [4.78, 5) is 11.6. The molecule has 0 aromatic heterocycles. The Bertz CT molecular complexity index is 359. The van der Waals surface area contributed by atoms with Gasteiger partial charge in [0.05, 0.1) is 0 Å². The highest BCUT2D eigenvalue weighted by atomic mass is 16.1. The Labute approximate surface area is 103 Å². The van der Waals surface area contributed by atoms with E-state index in [-0.39, 0.29) is 11.8 Å². The fourth-order valence-electron chi connectivity index (χ4n) is 1.55. The average molecular weight is 234 g/mol. The summed E-state index contributed by atoms with van der Waals surface area (Å²) in [7, 11) is 0. The number of nitrogens with two attached hydrogens (primary N) is 1. The van der Waals surface area contributed by atoms with Crippen molar-refractivity contribution in [1.82, 2.24) is 5.32 Å². The predicted molar refractivity (Wildman–Crippen MR) is 70.8 cm³/mol. The van der Waals surface area contributed by atoms with Crippen molar-refractivity contribution in [2.75, 3.05) is 13.1 Å². The van der Waals surface area contributed by atoms with Crippen LogP contribution in [0.1, 0.15) is 30.9 Å². The number of carbonyl (C=O) groups is 1. The van der Waals surface area contributed by atoms with Gasteiger partial charge in [-0.15, -0.1) is 0 Å². The summed E-state index contributed by atoms with van der Waals surface area (Å²) in [6.07, 6.45) is 0. The first-order chi connectivity index (χ1) is 8.04. The molecule has 0 saturated carbocycles. The molecule has 1 rings (SSSR count). The van der Waals surface area contributed by atoms with Crippen molar-refractivity contribution >= 4 is 5.91 Å². The number of carbonyl (C=O) groups excluding carboxylic acids is 1. The first-order valence-electron chi connectivity index (χ1n) is 6.09. The van der Waals surface area contributed by atoms with Crippen molar-refractivity contribution < 1.29 is 4.79 Å². The number of hydrogen-bond acceptors (Lipinski definition) is 2. The van der Waals surface area contributed by atoms with Crippen molar-refractivity contribution in [3.63, 3.8) is 0 Å². The van der Waals surface area contributed by atoms with E-state index in [1.54, 1.807) is 0 Å². The molecular weight excluding hydrogens is 212 g/mol. The minimum atomic E-state index is -0.111. The Kier molecular flexibility index (Phi) is 5.16. The molecule has 94 valence electrons. The zero-order valence-electron chi connectivity index (χ0n) is 10.9. The van der Waals surface area contributed by atoms with E-state index in [0.717, 1.165) is 0 Å². The van der Waals surface area contributed by atoms with Crippen LogP contribution in [-0.4, -0.2) is 19.0 Å². The average Bonchev–Trinajstić information content (AvgIpc) is 2.35. The van der Waals surface area contributed by atoms with E-state index in [4.69, 9.17) is 5.73 Å². The summed E-state index contributed by atoms with van der Waals surface area (Å²) in [5, 5.41) is 2.93. The lowest BCUT2D eigenvalue weighted by Gasteiger charge is -2.15. The lowest BCUT2D eigenvalue weighted by molar-refractivity contribution is -0.124. The summed E-state index contributed by atoms with van der Waals surface area (Å²) in [6, 6.07) is 8.41. The number of benzene rings is 1. The molecule has 17 heavy (non-hydrogen) atoms. The molecule has 2 atom stereocenters. The normalized spacial score (nSPS) is 14.1. The van der Waals surface area contributed by atoms with Crippen LogP contribution < -0.4 is 11.1 Å². The molecule has 0 aliphatic rings. The Morgan fingerprint density at radius 2 is 1.88 bits per heavy atom. The molecule has 1 amide bonds. The fraction of sp³-hybridized carbons (Fsp3) is 0.500. The Morgan fingerprint density at radius 1 is 1.29 bits per heavy atom. The van der Waals surface area contributed by atoms with Gasteiger partial charge in [-0.2, -0.15) is 0 Å². The van der Waals surface area contributed by atoms with Gasteiger partial charge in [-0.05, 0) is 18.4 Å². The number of aryl methyl sites for hydroxylation is 1. The highest BCUT2D eigenvalue weighted by Gasteiger charge is 2.12. The van der Waals surface area contributed by atoms with Crippen LogP contribution in [-0.2, 0) is 4.79 Å². The van der Waals surface area contributed by atoms with Gasteiger partial charge in [0.15, 0.2) is 0 Å². The molecule has 1 aromatic rings. The number of nitrogens with one attached hydrogen (secondary N) is 1. The van der Waals surface area contributed by atoms with Gasteiger partial charge in [0.2, 0.25) is 5.91 Å². The molecule has 0 aliphatic carbocycles. The molecule has 0 fully saturated rings. The van der Waals surface area contributed by atoms with Crippen LogP contribution in [0.4, 0.5) is 0 Å². The second-order valence-electron chi connectivity index (χ2n) is 4.69. The maximum atomic E-state index is 11.6.